The number of hydroxylamine groups is 2. The number of hydrazine groups is 2. The van der Waals surface area contributed by atoms with Crippen molar-refractivity contribution in [2.75, 3.05) is 183 Å². The number of benzene rings is 2. The number of carbonyl (C=O) groups is 6. The molecule has 4 N–H and O–H groups in total. The third-order valence-electron chi connectivity index (χ3n) is 13.1. The van der Waals surface area contributed by atoms with Gasteiger partial charge in [-0.15, -0.1) is 10.6 Å². The first-order valence-corrected chi connectivity index (χ1v) is 27.8. The predicted molar refractivity (Wildman–Crippen MR) is 291 cm³/mol. The summed E-state index contributed by atoms with van der Waals surface area (Å²) < 4.78 is 66.2. The number of urea groups is 1. The number of hydrogen-bond acceptors (Lipinski definition) is 22. The number of aromatic nitrogens is 1. The SMILES string of the molecule is O=C(CCOCCOCCOCCOCCOCCOCCOCCOCCOCCOCCOCCOCCN1C=C(c2ccc3[nH]c(C(=O)N4CCC5(CC4)NC(=O)N(c4ccccc4)C5=O)cc3c2)NN1)ON1C(=O)CCC1=O. The molecule has 0 atom stereocenters. The number of piperidine rings is 1. The van der Waals surface area contributed by atoms with Crippen molar-refractivity contribution in [3.8, 4) is 0 Å². The van der Waals surface area contributed by atoms with Gasteiger partial charge in [0.25, 0.3) is 23.6 Å². The van der Waals surface area contributed by atoms with Gasteiger partial charge in [0.15, 0.2) is 0 Å². The molecule has 3 saturated heterocycles. The molecule has 1 aromatic heterocycles. The summed E-state index contributed by atoms with van der Waals surface area (Å²) in [7, 11) is 0. The van der Waals surface area contributed by atoms with Crippen LogP contribution in [0.2, 0.25) is 0 Å². The highest BCUT2D eigenvalue weighted by Crippen LogP contribution is 2.33. The second kappa shape index (κ2) is 35.7. The summed E-state index contributed by atoms with van der Waals surface area (Å²) in [6.07, 6.45) is 2.64. The van der Waals surface area contributed by atoms with Crippen molar-refractivity contribution in [2.45, 2.75) is 37.6 Å². The van der Waals surface area contributed by atoms with E-state index in [2.05, 4.69) is 21.3 Å². The highest BCUT2D eigenvalue weighted by atomic mass is 16.7. The number of H-pyrrole nitrogens is 1. The first-order valence-electron chi connectivity index (χ1n) is 27.8. The molecule has 452 valence electrons. The number of rotatable bonds is 43. The van der Waals surface area contributed by atoms with Crippen molar-refractivity contribution in [3.63, 3.8) is 0 Å². The van der Waals surface area contributed by atoms with Crippen molar-refractivity contribution in [1.82, 2.24) is 36.2 Å². The molecule has 27 nitrogen and oxygen atoms in total. The molecular formula is C55H78N8O19. The second-order valence-electron chi connectivity index (χ2n) is 18.9. The van der Waals surface area contributed by atoms with Gasteiger partial charge in [-0.25, -0.2) is 14.5 Å². The number of nitrogens with one attached hydrogen (secondary N) is 4. The zero-order valence-electron chi connectivity index (χ0n) is 46.4. The zero-order valence-corrected chi connectivity index (χ0v) is 46.4. The van der Waals surface area contributed by atoms with E-state index in [-0.39, 0.29) is 44.3 Å². The number of anilines is 1. The molecule has 5 heterocycles. The molecule has 0 unspecified atom stereocenters. The Morgan fingerprint density at radius 2 is 1.00 bits per heavy atom. The van der Waals surface area contributed by atoms with Gasteiger partial charge in [-0.2, -0.15) is 0 Å². The molecule has 6 amide bonds. The fraction of sp³-hybridized carbons (Fsp3) is 0.600. The second-order valence-corrected chi connectivity index (χ2v) is 18.9. The molecule has 27 heteroatoms. The molecule has 3 aromatic rings. The molecule has 4 aliphatic heterocycles. The number of ether oxygens (including phenoxy) is 12. The molecule has 2 aromatic carbocycles. The van der Waals surface area contributed by atoms with Gasteiger partial charge in [0.05, 0.1) is 183 Å². The van der Waals surface area contributed by atoms with Gasteiger partial charge in [0.1, 0.15) is 11.2 Å². The van der Waals surface area contributed by atoms with Gasteiger partial charge in [0.2, 0.25) is 0 Å². The van der Waals surface area contributed by atoms with E-state index in [0.29, 0.717) is 194 Å². The highest BCUT2D eigenvalue weighted by Gasteiger charge is 2.53. The Kier molecular flexibility index (Phi) is 27.6. The number of likely N-dealkylation sites (tertiary alicyclic amines) is 1. The van der Waals surface area contributed by atoms with Crippen LogP contribution in [-0.2, 0) is 80.9 Å². The van der Waals surface area contributed by atoms with Crippen LogP contribution in [0.4, 0.5) is 10.5 Å². The fourth-order valence-corrected chi connectivity index (χ4v) is 8.71. The summed E-state index contributed by atoms with van der Waals surface area (Å²) >= 11 is 0. The minimum atomic E-state index is -1.02. The fourth-order valence-electron chi connectivity index (χ4n) is 8.71. The minimum absolute atomic E-state index is 0.0501. The van der Waals surface area contributed by atoms with Crippen LogP contribution in [0, 0.1) is 0 Å². The number of carbonyl (C=O) groups excluding carboxylic acids is 6. The molecule has 0 aliphatic carbocycles. The van der Waals surface area contributed by atoms with Crippen molar-refractivity contribution in [3.05, 3.63) is 72.1 Å². The molecule has 4 aliphatic rings. The third kappa shape index (κ3) is 20.9. The third-order valence-corrected chi connectivity index (χ3v) is 13.1. The first kappa shape index (κ1) is 63.4. The van der Waals surface area contributed by atoms with E-state index in [1.165, 1.54) is 4.90 Å². The molecule has 0 saturated carbocycles. The number of para-hydroxylation sites is 1. The summed E-state index contributed by atoms with van der Waals surface area (Å²) in [5.41, 5.74) is 8.95. The van der Waals surface area contributed by atoms with Crippen molar-refractivity contribution >= 4 is 57.9 Å². The summed E-state index contributed by atoms with van der Waals surface area (Å²) in [6.45, 7) is 11.3. The molecule has 3 fully saturated rings. The monoisotopic (exact) mass is 1150 g/mol. The molecule has 0 radical (unpaired) electrons. The number of nitrogens with zero attached hydrogens (tertiary/aromatic N) is 4. The first-order chi connectivity index (χ1) is 40.2. The average Bonchev–Trinajstić information content (AvgIpc) is 4.48. The summed E-state index contributed by atoms with van der Waals surface area (Å²) in [5, 5.41) is 6.21. The number of imide groups is 2. The van der Waals surface area contributed by atoms with Gasteiger partial charge < -0.3 is 82.3 Å². The van der Waals surface area contributed by atoms with E-state index >= 15 is 0 Å². The maximum Gasteiger partial charge on any atom is 0.335 e. The lowest BCUT2D eigenvalue weighted by Gasteiger charge is -2.37. The Balaban J connectivity index is 0.569. The lowest BCUT2D eigenvalue weighted by molar-refractivity contribution is -0.198. The molecular weight excluding hydrogens is 1080 g/mol. The van der Waals surface area contributed by atoms with Gasteiger partial charge >= 0.3 is 12.0 Å². The van der Waals surface area contributed by atoms with Crippen LogP contribution in [0.5, 0.6) is 0 Å². The quantitative estimate of drug-likeness (QED) is 0.0356. The molecule has 7 rings (SSSR count). The number of fused-ring (bicyclic) bond motifs is 1. The maximum atomic E-state index is 13.6. The lowest BCUT2D eigenvalue weighted by Crippen LogP contribution is -2.56. The van der Waals surface area contributed by atoms with E-state index < -0.39 is 29.4 Å². The van der Waals surface area contributed by atoms with E-state index in [1.54, 1.807) is 29.2 Å². The topological polar surface area (TPSA) is 287 Å². The Morgan fingerprint density at radius 1 is 0.537 bits per heavy atom. The van der Waals surface area contributed by atoms with Crippen LogP contribution in [0.1, 0.15) is 48.2 Å². The van der Waals surface area contributed by atoms with E-state index in [4.69, 9.17) is 61.7 Å². The van der Waals surface area contributed by atoms with Gasteiger partial charge in [-0.3, -0.25) is 24.2 Å². The maximum absolute atomic E-state index is 13.6. The Morgan fingerprint density at radius 3 is 1.49 bits per heavy atom. The predicted octanol–water partition coefficient (Wildman–Crippen LogP) is 1.72. The minimum Gasteiger partial charge on any atom is -0.378 e. The molecule has 1 spiro atoms. The van der Waals surface area contributed by atoms with Gasteiger partial charge in [0, 0.05) is 48.6 Å². The lowest BCUT2D eigenvalue weighted by atomic mass is 9.87. The zero-order chi connectivity index (χ0) is 57.5. The van der Waals surface area contributed by atoms with Crippen molar-refractivity contribution < 1.29 is 90.4 Å². The van der Waals surface area contributed by atoms with Gasteiger partial charge in [-0.1, -0.05) is 24.3 Å². The van der Waals surface area contributed by atoms with Crippen molar-refractivity contribution in [2.24, 2.45) is 0 Å². The standard InChI is InChI=1S/C55H78N8O19/c64-49-8-9-50(65)63(49)82-51(66)10-16-70-18-20-72-22-24-74-26-28-76-30-32-78-34-36-80-38-39-81-37-35-79-33-31-77-29-27-75-25-23-73-21-19-71-17-15-61-42-48(58-59-61)43-6-7-46-44(40-43)41-47(56-46)52(67)60-13-11-55(12-14-60)53(68)62(54(69)57-55)45-4-2-1-3-5-45/h1-7,40-42,56,58-59H,8-39H2,(H,57,69). The summed E-state index contributed by atoms with van der Waals surface area (Å²) in [5.74, 6) is -2.18. The van der Waals surface area contributed by atoms with E-state index in [9.17, 15) is 28.8 Å². The smallest absolute Gasteiger partial charge is 0.335 e. The highest BCUT2D eigenvalue weighted by molar-refractivity contribution is 6.23. The molecule has 0 bridgehead atoms. The Bertz CT molecular complexity index is 2460. The average molecular weight is 1160 g/mol. The number of amides is 6. The van der Waals surface area contributed by atoms with E-state index in [0.717, 1.165) is 22.2 Å². The van der Waals surface area contributed by atoms with Crippen molar-refractivity contribution in [1.29, 1.82) is 0 Å². The molecule has 82 heavy (non-hydrogen) atoms. The largest absolute Gasteiger partial charge is 0.378 e. The van der Waals surface area contributed by atoms with Crippen LogP contribution in [0.3, 0.4) is 0 Å². The summed E-state index contributed by atoms with van der Waals surface area (Å²) in [4.78, 5) is 85.4. The number of aromatic amines is 1. The Hall–Kier alpha value is -6.18. The van der Waals surface area contributed by atoms with Crippen LogP contribution in [-0.4, -0.2) is 239 Å². The summed E-state index contributed by atoms with van der Waals surface area (Å²) in [6, 6.07) is 16.2. The number of hydrogen-bond donors (Lipinski definition) is 4. The van der Waals surface area contributed by atoms with E-state index in [1.807, 2.05) is 41.5 Å². The normalized spacial score (nSPS) is 16.1. The van der Waals surface area contributed by atoms with Crippen LogP contribution in [0.15, 0.2) is 60.8 Å². The van der Waals surface area contributed by atoms with Gasteiger partial charge in [-0.05, 0) is 43.2 Å². The van der Waals surface area contributed by atoms with Crippen LogP contribution >= 0.6 is 0 Å². The van der Waals surface area contributed by atoms with Crippen LogP contribution < -0.4 is 21.2 Å². The Labute approximate surface area is 476 Å². The van der Waals surface area contributed by atoms with Crippen LogP contribution in [0.25, 0.3) is 16.6 Å².